The average Bonchev–Trinajstić information content (AvgIpc) is 2.40. The number of rotatable bonds is 0. The van der Waals surface area contributed by atoms with Gasteiger partial charge in [0.25, 0.3) is 0 Å². The van der Waals surface area contributed by atoms with Crippen LogP contribution in [0.2, 0.25) is 0 Å². The first-order valence-corrected chi connectivity index (χ1v) is 8.02. The Morgan fingerprint density at radius 3 is 1.20 bits per heavy atom. The van der Waals surface area contributed by atoms with Gasteiger partial charge in [-0.05, 0) is 80.1 Å². The molecule has 20 heavy (non-hydrogen) atoms. The molecule has 0 bridgehead atoms. The van der Waals surface area contributed by atoms with Crippen LogP contribution >= 0.6 is 0 Å². The van der Waals surface area contributed by atoms with Gasteiger partial charge >= 0.3 is 0 Å². The van der Waals surface area contributed by atoms with E-state index in [-0.39, 0.29) is 0 Å². The van der Waals surface area contributed by atoms with E-state index in [0.717, 1.165) is 0 Å². The Balaban J connectivity index is 0.000000200. The average molecular weight is 272 g/mol. The Labute approximate surface area is 126 Å². The maximum atomic E-state index is 2.35. The van der Waals surface area contributed by atoms with E-state index in [1.807, 2.05) is 0 Å². The van der Waals surface area contributed by atoms with Gasteiger partial charge in [0.1, 0.15) is 0 Å². The van der Waals surface area contributed by atoms with E-state index in [1.54, 1.807) is 22.3 Å². The van der Waals surface area contributed by atoms with E-state index >= 15 is 0 Å². The molecule has 0 aromatic rings. The zero-order valence-corrected chi connectivity index (χ0v) is 14.4. The van der Waals surface area contributed by atoms with Crippen LogP contribution in [0.5, 0.6) is 0 Å². The van der Waals surface area contributed by atoms with Gasteiger partial charge in [0.15, 0.2) is 0 Å². The molecule has 112 valence electrons. The standard InChI is InChI=1S/2C10H16/c2*1-8(2)10-6-4-9(3)5-7-10/h2*4H,5-7H2,1-3H3. The fraction of sp³-hybridized carbons (Fsp3) is 0.600. The van der Waals surface area contributed by atoms with Crippen molar-refractivity contribution < 1.29 is 0 Å². The van der Waals surface area contributed by atoms with Crippen LogP contribution in [0.1, 0.15) is 80.1 Å². The van der Waals surface area contributed by atoms with Crippen LogP contribution in [0, 0.1) is 0 Å². The highest BCUT2D eigenvalue weighted by Gasteiger charge is 2.05. The Morgan fingerprint density at radius 2 is 1.00 bits per heavy atom. The molecule has 0 atom stereocenters. The van der Waals surface area contributed by atoms with Crippen molar-refractivity contribution in [2.24, 2.45) is 0 Å². The third-order valence-electron chi connectivity index (χ3n) is 4.45. The predicted octanol–water partition coefficient (Wildman–Crippen LogP) is 6.91. The Kier molecular flexibility index (Phi) is 7.05. The van der Waals surface area contributed by atoms with Crippen molar-refractivity contribution in [2.75, 3.05) is 0 Å². The van der Waals surface area contributed by atoms with Gasteiger partial charge in [-0.3, -0.25) is 0 Å². The summed E-state index contributed by atoms with van der Waals surface area (Å²) in [5.41, 5.74) is 9.44. The Hall–Kier alpha value is -1.04. The number of hydrogen-bond donors (Lipinski definition) is 0. The second-order valence-corrected chi connectivity index (χ2v) is 6.72. The van der Waals surface area contributed by atoms with Gasteiger partial charge in [-0.1, -0.05) is 45.6 Å². The van der Waals surface area contributed by atoms with Crippen molar-refractivity contribution in [1.82, 2.24) is 0 Å². The molecule has 0 aromatic carbocycles. The lowest BCUT2D eigenvalue weighted by atomic mass is 9.93. The quantitative estimate of drug-likeness (QED) is 0.420. The molecular formula is C20H32. The van der Waals surface area contributed by atoms with E-state index < -0.39 is 0 Å². The first-order valence-electron chi connectivity index (χ1n) is 8.02. The minimum Gasteiger partial charge on any atom is -0.0815 e. The van der Waals surface area contributed by atoms with E-state index in [4.69, 9.17) is 0 Å². The van der Waals surface area contributed by atoms with Gasteiger partial charge < -0.3 is 0 Å². The molecule has 0 fully saturated rings. The Morgan fingerprint density at radius 1 is 0.650 bits per heavy atom. The maximum absolute atomic E-state index is 2.35. The second-order valence-electron chi connectivity index (χ2n) is 6.72. The van der Waals surface area contributed by atoms with Gasteiger partial charge in [0.2, 0.25) is 0 Å². The summed E-state index contributed by atoms with van der Waals surface area (Å²) in [7, 11) is 0. The van der Waals surface area contributed by atoms with Gasteiger partial charge in [0, 0.05) is 0 Å². The van der Waals surface area contributed by atoms with Crippen molar-refractivity contribution in [2.45, 2.75) is 80.1 Å². The predicted molar refractivity (Wildman–Crippen MR) is 92.0 cm³/mol. The van der Waals surface area contributed by atoms with Crippen LogP contribution in [0.4, 0.5) is 0 Å². The summed E-state index contributed by atoms with van der Waals surface area (Å²) < 4.78 is 0. The highest BCUT2D eigenvalue weighted by atomic mass is 14.1. The van der Waals surface area contributed by atoms with Crippen LogP contribution in [-0.2, 0) is 0 Å². The molecule has 0 nitrogen and oxygen atoms in total. The number of allylic oxidation sites excluding steroid dienone is 8. The van der Waals surface area contributed by atoms with Crippen LogP contribution in [0.15, 0.2) is 45.6 Å². The third kappa shape index (κ3) is 5.94. The molecule has 0 saturated carbocycles. The van der Waals surface area contributed by atoms with E-state index in [2.05, 4.69) is 53.7 Å². The van der Waals surface area contributed by atoms with E-state index in [1.165, 1.54) is 49.7 Å². The number of hydrogen-bond acceptors (Lipinski definition) is 0. The molecule has 2 aliphatic carbocycles. The minimum absolute atomic E-state index is 1.20. The monoisotopic (exact) mass is 272 g/mol. The molecule has 0 amide bonds. The normalized spacial score (nSPS) is 18.7. The lowest BCUT2D eigenvalue weighted by Gasteiger charge is -2.13. The van der Waals surface area contributed by atoms with E-state index in [0.29, 0.717) is 0 Å². The molecule has 0 spiro atoms. The van der Waals surface area contributed by atoms with Gasteiger partial charge in [-0.25, -0.2) is 0 Å². The van der Waals surface area contributed by atoms with Crippen molar-refractivity contribution in [1.29, 1.82) is 0 Å². The van der Waals surface area contributed by atoms with Crippen LogP contribution in [-0.4, -0.2) is 0 Å². The first kappa shape index (κ1) is 17.0. The van der Waals surface area contributed by atoms with Crippen LogP contribution in [0.25, 0.3) is 0 Å². The van der Waals surface area contributed by atoms with Gasteiger partial charge in [-0.2, -0.15) is 0 Å². The SMILES string of the molecule is CC1=CCC(=C(C)C)CC1.CC1=CCC(=C(C)C)CC1. The van der Waals surface area contributed by atoms with Crippen molar-refractivity contribution in [3.63, 3.8) is 0 Å². The zero-order chi connectivity index (χ0) is 15.1. The fourth-order valence-corrected chi connectivity index (χ4v) is 2.61. The lowest BCUT2D eigenvalue weighted by Crippen LogP contribution is -1.93. The lowest BCUT2D eigenvalue weighted by molar-refractivity contribution is 0.834. The van der Waals surface area contributed by atoms with E-state index in [9.17, 15) is 0 Å². The zero-order valence-electron chi connectivity index (χ0n) is 14.4. The summed E-state index contributed by atoms with van der Waals surface area (Å²) >= 11 is 0. The third-order valence-corrected chi connectivity index (χ3v) is 4.45. The summed E-state index contributed by atoms with van der Waals surface area (Å²) in [6.07, 6.45) is 12.3. The molecule has 2 aliphatic rings. The molecular weight excluding hydrogens is 240 g/mol. The molecule has 2 rings (SSSR count). The second kappa shape index (κ2) is 8.29. The largest absolute Gasteiger partial charge is 0.0815 e. The molecule has 0 saturated heterocycles. The molecule has 0 unspecified atom stereocenters. The molecule has 0 heteroatoms. The van der Waals surface area contributed by atoms with Crippen LogP contribution < -0.4 is 0 Å². The molecule has 0 N–H and O–H groups in total. The maximum Gasteiger partial charge on any atom is -0.0134 e. The summed E-state index contributed by atoms with van der Waals surface area (Å²) in [5, 5.41) is 0. The fourth-order valence-electron chi connectivity index (χ4n) is 2.61. The molecule has 0 heterocycles. The highest BCUT2D eigenvalue weighted by Crippen LogP contribution is 2.25. The Bertz CT molecular complexity index is 400. The molecule has 0 radical (unpaired) electrons. The molecule has 0 aromatic heterocycles. The first-order chi connectivity index (χ1) is 9.40. The van der Waals surface area contributed by atoms with Gasteiger partial charge in [-0.15, -0.1) is 0 Å². The van der Waals surface area contributed by atoms with Crippen molar-refractivity contribution in [3.8, 4) is 0 Å². The van der Waals surface area contributed by atoms with Gasteiger partial charge in [0.05, 0.1) is 0 Å². The summed E-state index contributed by atoms with van der Waals surface area (Å²) in [6.45, 7) is 13.3. The van der Waals surface area contributed by atoms with Crippen molar-refractivity contribution in [3.05, 3.63) is 45.6 Å². The summed E-state index contributed by atoms with van der Waals surface area (Å²) in [4.78, 5) is 0. The van der Waals surface area contributed by atoms with Crippen molar-refractivity contribution >= 4 is 0 Å². The summed E-state index contributed by atoms with van der Waals surface area (Å²) in [6, 6.07) is 0. The molecule has 0 aliphatic heterocycles. The topological polar surface area (TPSA) is 0 Å². The summed E-state index contributed by atoms with van der Waals surface area (Å²) in [5.74, 6) is 0. The smallest absolute Gasteiger partial charge is 0.0134 e. The van der Waals surface area contributed by atoms with Crippen LogP contribution in [0.3, 0.4) is 0 Å². The minimum atomic E-state index is 1.20. The highest BCUT2D eigenvalue weighted by molar-refractivity contribution is 5.21.